The lowest BCUT2D eigenvalue weighted by Crippen LogP contribution is -2.37. The average Bonchev–Trinajstić information content (AvgIpc) is 3.37. The second-order valence-electron chi connectivity index (χ2n) is 6.34. The van der Waals surface area contributed by atoms with Crippen LogP contribution in [-0.4, -0.2) is 30.4 Å². The third kappa shape index (κ3) is 4.07. The Kier molecular flexibility index (Phi) is 4.91. The fourth-order valence-corrected chi connectivity index (χ4v) is 3.21. The summed E-state index contributed by atoms with van der Waals surface area (Å²) in [4.78, 5) is 14.1. The molecule has 21 heavy (non-hydrogen) atoms. The number of benzene rings is 1. The van der Waals surface area contributed by atoms with E-state index in [1.165, 1.54) is 43.2 Å². The van der Waals surface area contributed by atoms with Crippen molar-refractivity contribution < 1.29 is 4.79 Å². The zero-order valence-corrected chi connectivity index (χ0v) is 12.8. The first kappa shape index (κ1) is 14.6. The molecule has 1 aromatic rings. The van der Waals surface area contributed by atoms with E-state index in [1.807, 2.05) is 4.90 Å². The maximum Gasteiger partial charge on any atom is 0.223 e. The molecule has 0 radical (unpaired) electrons. The van der Waals surface area contributed by atoms with Crippen LogP contribution in [0.4, 0.5) is 0 Å². The van der Waals surface area contributed by atoms with Gasteiger partial charge >= 0.3 is 0 Å². The monoisotopic (exact) mass is 286 g/mol. The van der Waals surface area contributed by atoms with Gasteiger partial charge in [0.05, 0.1) is 0 Å². The molecule has 1 heterocycles. The van der Waals surface area contributed by atoms with Gasteiger partial charge in [0.2, 0.25) is 5.91 Å². The number of likely N-dealkylation sites (tertiary alicyclic amines) is 1. The van der Waals surface area contributed by atoms with Crippen LogP contribution in [0.2, 0.25) is 0 Å². The number of carbonyl (C=O) groups is 1. The van der Waals surface area contributed by atoms with Gasteiger partial charge in [-0.1, -0.05) is 24.3 Å². The zero-order valence-electron chi connectivity index (χ0n) is 12.8. The van der Waals surface area contributed by atoms with E-state index < -0.39 is 0 Å². The second-order valence-corrected chi connectivity index (χ2v) is 6.34. The van der Waals surface area contributed by atoms with E-state index in [-0.39, 0.29) is 0 Å². The molecular weight excluding hydrogens is 260 g/mol. The van der Waals surface area contributed by atoms with Crippen molar-refractivity contribution in [3.8, 4) is 0 Å². The summed E-state index contributed by atoms with van der Waals surface area (Å²) in [7, 11) is 0. The molecule has 0 aromatic heterocycles. The predicted molar refractivity (Wildman–Crippen MR) is 85.2 cm³/mol. The summed E-state index contributed by atoms with van der Waals surface area (Å²) < 4.78 is 0. The summed E-state index contributed by atoms with van der Waals surface area (Å²) >= 11 is 0. The van der Waals surface area contributed by atoms with Gasteiger partial charge in [0, 0.05) is 32.6 Å². The first-order valence-corrected chi connectivity index (χ1v) is 8.41. The highest BCUT2D eigenvalue weighted by Crippen LogP contribution is 2.41. The minimum Gasteiger partial charge on any atom is -0.343 e. The number of hydrogen-bond acceptors (Lipinski definition) is 2. The van der Waals surface area contributed by atoms with Crippen LogP contribution < -0.4 is 5.32 Å². The van der Waals surface area contributed by atoms with E-state index in [9.17, 15) is 4.79 Å². The number of piperidine rings is 1. The van der Waals surface area contributed by atoms with E-state index in [0.717, 1.165) is 32.1 Å². The Hall–Kier alpha value is -1.35. The van der Waals surface area contributed by atoms with E-state index in [2.05, 4.69) is 29.6 Å². The maximum absolute atomic E-state index is 12.1. The average molecular weight is 286 g/mol. The molecule has 0 spiro atoms. The zero-order chi connectivity index (χ0) is 14.5. The minimum atomic E-state index is 0.317. The van der Waals surface area contributed by atoms with Gasteiger partial charge < -0.3 is 10.2 Å². The van der Waals surface area contributed by atoms with Gasteiger partial charge in [-0.05, 0) is 49.1 Å². The predicted octanol–water partition coefficient (Wildman–Crippen LogP) is 3.06. The molecule has 3 nitrogen and oxygen atoms in total. The van der Waals surface area contributed by atoms with Crippen LogP contribution in [0.3, 0.4) is 0 Å². The van der Waals surface area contributed by atoms with E-state index in [1.54, 1.807) is 0 Å². The summed E-state index contributed by atoms with van der Waals surface area (Å²) in [6.45, 7) is 3.60. The fourth-order valence-electron chi connectivity index (χ4n) is 3.21. The van der Waals surface area contributed by atoms with Gasteiger partial charge in [0.25, 0.3) is 0 Å². The third-order valence-electron chi connectivity index (χ3n) is 4.61. The van der Waals surface area contributed by atoms with Crippen molar-refractivity contribution in [3.63, 3.8) is 0 Å². The highest BCUT2D eigenvalue weighted by Gasteiger charge is 2.25. The normalized spacial score (nSPS) is 18.8. The summed E-state index contributed by atoms with van der Waals surface area (Å²) in [6.07, 6.45) is 6.93. The van der Waals surface area contributed by atoms with Crippen molar-refractivity contribution in [1.82, 2.24) is 10.2 Å². The lowest BCUT2D eigenvalue weighted by molar-refractivity contribution is -0.131. The smallest absolute Gasteiger partial charge is 0.223 e. The standard InChI is InChI=1S/C18H26N2O/c21-18(20-12-4-1-5-13-20)10-11-19-14-16-6-2-3-7-17(16)15-8-9-15/h2-3,6-7,15,19H,1,4-5,8-14H2. The number of carbonyl (C=O) groups excluding carboxylic acids is 1. The van der Waals surface area contributed by atoms with Gasteiger partial charge in [-0.25, -0.2) is 0 Å². The molecule has 1 aromatic carbocycles. The Bertz CT molecular complexity index is 476. The van der Waals surface area contributed by atoms with Crippen molar-refractivity contribution in [2.75, 3.05) is 19.6 Å². The SMILES string of the molecule is O=C(CCNCc1ccccc1C1CC1)N1CCCCC1. The van der Waals surface area contributed by atoms with Crippen molar-refractivity contribution in [3.05, 3.63) is 35.4 Å². The number of nitrogens with zero attached hydrogens (tertiary/aromatic N) is 1. The van der Waals surface area contributed by atoms with Gasteiger partial charge in [-0.3, -0.25) is 4.79 Å². The van der Waals surface area contributed by atoms with Gasteiger partial charge in [-0.2, -0.15) is 0 Å². The topological polar surface area (TPSA) is 32.3 Å². The summed E-state index contributed by atoms with van der Waals surface area (Å²) in [5.74, 6) is 1.11. The largest absolute Gasteiger partial charge is 0.343 e. The first-order chi connectivity index (χ1) is 10.3. The molecule has 0 unspecified atom stereocenters. The molecule has 1 aliphatic heterocycles. The highest BCUT2D eigenvalue weighted by molar-refractivity contribution is 5.76. The molecule has 3 rings (SSSR count). The fraction of sp³-hybridized carbons (Fsp3) is 0.611. The lowest BCUT2D eigenvalue weighted by Gasteiger charge is -2.26. The van der Waals surface area contributed by atoms with E-state index in [4.69, 9.17) is 0 Å². The summed E-state index contributed by atoms with van der Waals surface area (Å²) in [5, 5.41) is 3.45. The number of nitrogens with one attached hydrogen (secondary N) is 1. The molecule has 0 bridgehead atoms. The van der Waals surface area contributed by atoms with Crippen LogP contribution >= 0.6 is 0 Å². The van der Waals surface area contributed by atoms with E-state index >= 15 is 0 Å². The first-order valence-electron chi connectivity index (χ1n) is 8.41. The van der Waals surface area contributed by atoms with Crippen molar-refractivity contribution in [1.29, 1.82) is 0 Å². The summed E-state index contributed by atoms with van der Waals surface area (Å²) in [6, 6.07) is 8.72. The molecule has 1 saturated heterocycles. The van der Waals surface area contributed by atoms with Crippen molar-refractivity contribution in [2.24, 2.45) is 0 Å². The summed E-state index contributed by atoms with van der Waals surface area (Å²) in [5.41, 5.74) is 2.91. The van der Waals surface area contributed by atoms with Crippen LogP contribution in [0.15, 0.2) is 24.3 Å². The number of amides is 1. The quantitative estimate of drug-likeness (QED) is 0.815. The Morgan fingerprint density at radius 2 is 1.90 bits per heavy atom. The molecule has 0 atom stereocenters. The second kappa shape index (κ2) is 7.08. The molecule has 114 valence electrons. The number of rotatable bonds is 6. The highest BCUT2D eigenvalue weighted by atomic mass is 16.2. The van der Waals surface area contributed by atoms with Crippen molar-refractivity contribution in [2.45, 2.75) is 51.0 Å². The maximum atomic E-state index is 12.1. The molecule has 2 fully saturated rings. The Morgan fingerprint density at radius 1 is 1.14 bits per heavy atom. The van der Waals surface area contributed by atoms with Gasteiger partial charge in [0.15, 0.2) is 0 Å². The lowest BCUT2D eigenvalue weighted by atomic mass is 10.0. The molecule has 1 aliphatic carbocycles. The van der Waals surface area contributed by atoms with Gasteiger partial charge in [-0.15, -0.1) is 0 Å². The molecule has 2 aliphatic rings. The Balaban J connectivity index is 1.41. The molecule has 1 amide bonds. The molecule has 3 heteroatoms. The number of hydrogen-bond donors (Lipinski definition) is 1. The van der Waals surface area contributed by atoms with Crippen molar-refractivity contribution >= 4 is 5.91 Å². The van der Waals surface area contributed by atoms with Gasteiger partial charge in [0.1, 0.15) is 0 Å². The van der Waals surface area contributed by atoms with Crippen LogP contribution in [-0.2, 0) is 11.3 Å². The Labute approximate surface area is 127 Å². The van der Waals surface area contributed by atoms with Crippen LogP contribution in [0, 0.1) is 0 Å². The Morgan fingerprint density at radius 3 is 2.67 bits per heavy atom. The third-order valence-corrected chi connectivity index (χ3v) is 4.61. The molecule has 1 N–H and O–H groups in total. The molecule has 1 saturated carbocycles. The van der Waals surface area contributed by atoms with E-state index in [0.29, 0.717) is 12.3 Å². The van der Waals surface area contributed by atoms with Crippen LogP contribution in [0.25, 0.3) is 0 Å². The van der Waals surface area contributed by atoms with Crippen LogP contribution in [0.1, 0.15) is 55.6 Å². The van der Waals surface area contributed by atoms with Crippen LogP contribution in [0.5, 0.6) is 0 Å². The molecular formula is C18H26N2O. The minimum absolute atomic E-state index is 0.317.